The first-order chi connectivity index (χ1) is 16.1. The molecule has 0 aromatic carbocycles. The zero-order valence-corrected chi connectivity index (χ0v) is 23.9. The molecule has 4 fully saturated rings. The Morgan fingerprint density at radius 1 is 0.941 bits per heavy atom. The summed E-state index contributed by atoms with van der Waals surface area (Å²) in [5.41, 5.74) is 2.97. The van der Waals surface area contributed by atoms with Crippen molar-refractivity contribution in [2.75, 3.05) is 0 Å². The number of carbonyl (C=O) groups excluding carboxylic acids is 2. The summed E-state index contributed by atoms with van der Waals surface area (Å²) in [5.74, 6) is 5.23. The molecule has 4 unspecified atom stereocenters. The first-order valence-corrected chi connectivity index (χ1v) is 16.7. The third-order valence-corrected chi connectivity index (χ3v) is 15.6. The SMILES string of the molecule is CC(C)CCC[C@@H](C)[C@H]1CCC2C3CC=C4CC([SiH]5C(=O)CCC5=O)CC[C@]4(C)C3CC[C@@]21C. The summed E-state index contributed by atoms with van der Waals surface area (Å²) < 4.78 is 0. The Kier molecular flexibility index (Phi) is 6.84. The van der Waals surface area contributed by atoms with Gasteiger partial charge in [-0.05, 0) is 96.8 Å². The van der Waals surface area contributed by atoms with Crippen LogP contribution < -0.4 is 0 Å². The molecule has 1 heterocycles. The van der Waals surface area contributed by atoms with Gasteiger partial charge in [-0.2, -0.15) is 0 Å². The van der Waals surface area contributed by atoms with E-state index in [1.165, 1.54) is 57.8 Å². The maximum Gasteiger partial charge on any atom is 0.196 e. The smallest absolute Gasteiger partial charge is 0.196 e. The van der Waals surface area contributed by atoms with Gasteiger partial charge in [-0.25, -0.2) is 0 Å². The fraction of sp³-hybridized carbons (Fsp3) is 0.871. The van der Waals surface area contributed by atoms with Gasteiger partial charge in [0.2, 0.25) is 0 Å². The van der Waals surface area contributed by atoms with Gasteiger partial charge in [0.15, 0.2) is 8.80 Å². The highest BCUT2D eigenvalue weighted by Gasteiger charge is 2.59. The molecule has 0 aromatic rings. The predicted molar refractivity (Wildman–Crippen MR) is 143 cm³/mol. The average Bonchev–Trinajstić information content (AvgIpc) is 3.31. The van der Waals surface area contributed by atoms with Gasteiger partial charge in [0, 0.05) is 12.8 Å². The molecule has 0 N–H and O–H groups in total. The van der Waals surface area contributed by atoms with E-state index in [0.29, 0.717) is 40.0 Å². The van der Waals surface area contributed by atoms with Crippen molar-refractivity contribution in [1.29, 1.82) is 0 Å². The van der Waals surface area contributed by atoms with Crippen LogP contribution in [0.5, 0.6) is 0 Å². The van der Waals surface area contributed by atoms with E-state index in [1.54, 1.807) is 5.57 Å². The van der Waals surface area contributed by atoms with Crippen molar-refractivity contribution in [3.8, 4) is 0 Å². The fourth-order valence-electron chi connectivity index (χ4n) is 10.3. The Balaban J connectivity index is 1.30. The third-order valence-electron chi connectivity index (χ3n) is 12.1. The molecule has 190 valence electrons. The summed E-state index contributed by atoms with van der Waals surface area (Å²) in [6.07, 6.45) is 18.4. The highest BCUT2D eigenvalue weighted by Crippen LogP contribution is 2.68. The van der Waals surface area contributed by atoms with Crippen LogP contribution in [0.1, 0.15) is 118 Å². The Labute approximate surface area is 210 Å². The van der Waals surface area contributed by atoms with E-state index < -0.39 is 8.80 Å². The first kappa shape index (κ1) is 25.0. The molecule has 0 spiro atoms. The van der Waals surface area contributed by atoms with Gasteiger partial charge in [-0.1, -0.05) is 72.0 Å². The van der Waals surface area contributed by atoms with Crippen LogP contribution in [0.2, 0.25) is 5.54 Å². The normalized spacial score (nSPS) is 43.5. The predicted octanol–water partition coefficient (Wildman–Crippen LogP) is 7.64. The molecule has 8 atom stereocenters. The van der Waals surface area contributed by atoms with E-state index in [1.807, 2.05) is 0 Å². The highest BCUT2D eigenvalue weighted by atomic mass is 28.3. The van der Waals surface area contributed by atoms with Crippen molar-refractivity contribution in [1.82, 2.24) is 0 Å². The molecule has 5 rings (SSSR count). The molecule has 4 aliphatic carbocycles. The highest BCUT2D eigenvalue weighted by molar-refractivity contribution is 7.13. The number of hydrogen-bond donors (Lipinski definition) is 0. The van der Waals surface area contributed by atoms with Gasteiger partial charge in [0.25, 0.3) is 0 Å². The Morgan fingerprint density at radius 2 is 1.68 bits per heavy atom. The van der Waals surface area contributed by atoms with E-state index in [2.05, 4.69) is 40.7 Å². The van der Waals surface area contributed by atoms with Crippen molar-refractivity contribution in [3.05, 3.63) is 11.6 Å². The van der Waals surface area contributed by atoms with Crippen molar-refractivity contribution in [3.63, 3.8) is 0 Å². The van der Waals surface area contributed by atoms with Crippen molar-refractivity contribution < 1.29 is 9.59 Å². The minimum atomic E-state index is -1.87. The minimum Gasteiger partial charge on any atom is -0.305 e. The molecule has 1 saturated heterocycles. The van der Waals surface area contributed by atoms with Gasteiger partial charge in [-0.15, -0.1) is 0 Å². The average molecular weight is 483 g/mol. The summed E-state index contributed by atoms with van der Waals surface area (Å²) >= 11 is 0. The molecule has 0 amide bonds. The number of carbonyl (C=O) groups is 2. The van der Waals surface area contributed by atoms with Crippen LogP contribution in [0.25, 0.3) is 0 Å². The molecule has 0 bridgehead atoms. The van der Waals surface area contributed by atoms with E-state index in [0.717, 1.165) is 48.3 Å². The maximum absolute atomic E-state index is 12.5. The number of rotatable bonds is 6. The monoisotopic (exact) mass is 482 g/mol. The largest absolute Gasteiger partial charge is 0.305 e. The first-order valence-electron chi connectivity index (χ1n) is 14.9. The van der Waals surface area contributed by atoms with Gasteiger partial charge in [-0.3, -0.25) is 0 Å². The lowest BCUT2D eigenvalue weighted by atomic mass is 9.47. The number of allylic oxidation sites excluding steroid dienone is 2. The summed E-state index contributed by atoms with van der Waals surface area (Å²) in [4.78, 5) is 25.0. The second-order valence-corrected chi connectivity index (χ2v) is 17.4. The van der Waals surface area contributed by atoms with E-state index >= 15 is 0 Å². The topological polar surface area (TPSA) is 34.1 Å². The standard InChI is InChI=1S/C31H50O2Si/c1-20(2)7-6-8-21(3)25-11-12-26-24-10-9-22-19-23(34-28(32)13-14-29(34)33)15-17-30(22,4)27(24)16-18-31(25,26)5/h9,20-21,23-27,34H,6-8,10-19H2,1-5H3/t21-,23?,24?,25-,26?,27?,30+,31-/m1/s1. The molecule has 0 aromatic heterocycles. The van der Waals surface area contributed by atoms with Crippen LogP contribution in [0.15, 0.2) is 11.6 Å². The van der Waals surface area contributed by atoms with Gasteiger partial charge in [0.05, 0.1) is 0 Å². The van der Waals surface area contributed by atoms with E-state index in [-0.39, 0.29) is 0 Å². The van der Waals surface area contributed by atoms with E-state index in [9.17, 15) is 9.59 Å². The van der Waals surface area contributed by atoms with Crippen LogP contribution in [0.3, 0.4) is 0 Å². The Hall–Kier alpha value is -0.703. The lowest BCUT2D eigenvalue weighted by molar-refractivity contribution is -0.112. The number of fused-ring (bicyclic) bond motifs is 5. The number of hydrogen-bond acceptors (Lipinski definition) is 2. The van der Waals surface area contributed by atoms with Crippen molar-refractivity contribution >= 4 is 19.6 Å². The van der Waals surface area contributed by atoms with Crippen molar-refractivity contribution in [2.45, 2.75) is 124 Å². The lowest BCUT2D eigenvalue weighted by Gasteiger charge is -2.58. The summed E-state index contributed by atoms with van der Waals surface area (Å²) in [6.45, 7) is 12.6. The second-order valence-electron chi connectivity index (χ2n) is 14.2. The quantitative estimate of drug-likeness (QED) is 0.288. The van der Waals surface area contributed by atoms with Gasteiger partial charge < -0.3 is 9.59 Å². The maximum atomic E-state index is 12.5. The Bertz CT molecular complexity index is 828. The molecular formula is C31H50O2Si. The van der Waals surface area contributed by atoms with Crippen molar-refractivity contribution in [2.24, 2.45) is 46.3 Å². The zero-order chi connectivity index (χ0) is 24.3. The summed E-state index contributed by atoms with van der Waals surface area (Å²) in [7, 11) is -1.87. The van der Waals surface area contributed by atoms with Crippen LogP contribution in [0, 0.1) is 46.3 Å². The zero-order valence-electron chi connectivity index (χ0n) is 22.7. The van der Waals surface area contributed by atoms with Gasteiger partial charge >= 0.3 is 0 Å². The van der Waals surface area contributed by atoms with Crippen LogP contribution >= 0.6 is 0 Å². The van der Waals surface area contributed by atoms with E-state index in [4.69, 9.17) is 0 Å². The molecule has 2 nitrogen and oxygen atoms in total. The molecule has 3 saturated carbocycles. The van der Waals surface area contributed by atoms with Crippen LogP contribution in [-0.2, 0) is 9.59 Å². The molecule has 1 aliphatic heterocycles. The minimum absolute atomic E-state index is 0.334. The molecule has 5 aliphatic rings. The third kappa shape index (κ3) is 4.04. The second kappa shape index (κ2) is 9.31. The Morgan fingerprint density at radius 3 is 2.38 bits per heavy atom. The summed E-state index contributed by atoms with van der Waals surface area (Å²) in [5, 5.41) is 0.752. The van der Waals surface area contributed by atoms with Crippen LogP contribution in [-0.4, -0.2) is 19.6 Å². The fourth-order valence-corrected chi connectivity index (χ4v) is 13.6. The van der Waals surface area contributed by atoms with Crippen LogP contribution in [0.4, 0.5) is 0 Å². The molecule has 34 heavy (non-hydrogen) atoms. The molecule has 0 radical (unpaired) electrons. The lowest BCUT2D eigenvalue weighted by Crippen LogP contribution is -2.51. The molecule has 3 heteroatoms. The van der Waals surface area contributed by atoms with Gasteiger partial charge in [0.1, 0.15) is 10.8 Å². The molecular weight excluding hydrogens is 432 g/mol. The summed E-state index contributed by atoms with van der Waals surface area (Å²) in [6, 6.07) is 0.